The van der Waals surface area contributed by atoms with Crippen LogP contribution in [-0.4, -0.2) is 17.6 Å². The highest BCUT2D eigenvalue weighted by Gasteiger charge is 2.37. The molecule has 2 aromatic carbocycles. The third-order valence-electron chi connectivity index (χ3n) is 5.29. The van der Waals surface area contributed by atoms with E-state index < -0.39 is 29.0 Å². The fraction of sp³-hybridized carbons (Fsp3) is 0.182. The predicted octanol–water partition coefficient (Wildman–Crippen LogP) is 4.91. The van der Waals surface area contributed by atoms with Gasteiger partial charge in [0.05, 0.1) is 22.5 Å². The Bertz CT molecular complexity index is 1250. The lowest BCUT2D eigenvalue weighted by Crippen LogP contribution is -2.46. The zero-order valence-electron chi connectivity index (χ0n) is 16.5. The number of alkyl halides is 3. The Kier molecular flexibility index (Phi) is 4.83. The van der Waals surface area contributed by atoms with Crippen molar-refractivity contribution in [2.75, 3.05) is 16.5 Å². The van der Waals surface area contributed by atoms with E-state index in [1.165, 1.54) is 48.4 Å². The summed E-state index contributed by atoms with van der Waals surface area (Å²) in [6, 6.07) is 8.52. The number of aromatic amines is 1. The van der Waals surface area contributed by atoms with Crippen LogP contribution in [0, 0.1) is 19.7 Å². The lowest BCUT2D eigenvalue weighted by molar-refractivity contribution is -0.137. The lowest BCUT2D eigenvalue weighted by atomic mass is 10.0. The van der Waals surface area contributed by atoms with Gasteiger partial charge < -0.3 is 9.88 Å². The first-order chi connectivity index (χ1) is 14.6. The maximum absolute atomic E-state index is 13.6. The molecule has 1 aliphatic heterocycles. The molecule has 1 aliphatic rings. The summed E-state index contributed by atoms with van der Waals surface area (Å²) in [5, 5.41) is 0. The number of benzene rings is 2. The average molecular weight is 431 g/mol. The van der Waals surface area contributed by atoms with Crippen LogP contribution in [0.3, 0.4) is 0 Å². The number of amides is 1. The maximum atomic E-state index is 13.6. The number of fused-ring (bicyclic) bond motifs is 1. The molecule has 4 rings (SSSR count). The molecule has 0 aliphatic carbocycles. The van der Waals surface area contributed by atoms with E-state index in [9.17, 15) is 27.2 Å². The van der Waals surface area contributed by atoms with E-state index >= 15 is 0 Å². The molecule has 0 unspecified atom stereocenters. The number of pyridine rings is 1. The van der Waals surface area contributed by atoms with Gasteiger partial charge in [-0.3, -0.25) is 14.5 Å². The van der Waals surface area contributed by atoms with Crippen molar-refractivity contribution in [3.05, 3.63) is 87.1 Å². The number of hydrogen-bond acceptors (Lipinski definition) is 3. The van der Waals surface area contributed by atoms with Crippen LogP contribution >= 0.6 is 0 Å². The van der Waals surface area contributed by atoms with Crippen LogP contribution < -0.4 is 15.4 Å². The van der Waals surface area contributed by atoms with E-state index in [0.717, 1.165) is 12.1 Å². The Morgan fingerprint density at radius 3 is 2.29 bits per heavy atom. The number of aryl methyl sites for hydroxylation is 1. The summed E-state index contributed by atoms with van der Waals surface area (Å²) in [6.45, 7) is 3.13. The van der Waals surface area contributed by atoms with Gasteiger partial charge in [0, 0.05) is 17.4 Å². The van der Waals surface area contributed by atoms with Crippen molar-refractivity contribution in [3.63, 3.8) is 0 Å². The van der Waals surface area contributed by atoms with E-state index in [0.29, 0.717) is 11.3 Å². The Morgan fingerprint density at radius 1 is 0.903 bits per heavy atom. The highest BCUT2D eigenvalue weighted by Crippen LogP contribution is 2.40. The van der Waals surface area contributed by atoms with Crippen LogP contribution in [0.1, 0.15) is 27.0 Å². The Labute approximate surface area is 174 Å². The Hall–Kier alpha value is -3.62. The molecule has 1 N–H and O–H groups in total. The van der Waals surface area contributed by atoms with E-state index in [1.807, 2.05) is 0 Å². The molecule has 0 atom stereocenters. The van der Waals surface area contributed by atoms with Gasteiger partial charge in [0.2, 0.25) is 0 Å². The zero-order chi connectivity index (χ0) is 22.5. The molecule has 0 bridgehead atoms. The van der Waals surface area contributed by atoms with Crippen molar-refractivity contribution in [3.8, 4) is 0 Å². The third kappa shape index (κ3) is 3.56. The van der Waals surface area contributed by atoms with Gasteiger partial charge in [-0.15, -0.1) is 0 Å². The van der Waals surface area contributed by atoms with Crippen molar-refractivity contribution in [1.82, 2.24) is 4.98 Å². The normalized spacial score (nSPS) is 14.1. The molecule has 0 saturated heterocycles. The molecule has 9 heteroatoms. The number of halogens is 4. The number of rotatable bonds is 2. The molecule has 3 aromatic rings. The van der Waals surface area contributed by atoms with Gasteiger partial charge >= 0.3 is 6.18 Å². The molecule has 1 amide bonds. The summed E-state index contributed by atoms with van der Waals surface area (Å²) in [5.74, 6) is -1.12. The fourth-order valence-corrected chi connectivity index (χ4v) is 3.70. The first kappa shape index (κ1) is 20.6. The summed E-state index contributed by atoms with van der Waals surface area (Å²) < 4.78 is 53.6. The monoisotopic (exact) mass is 431 g/mol. The highest BCUT2D eigenvalue weighted by molar-refractivity contribution is 6.13. The van der Waals surface area contributed by atoms with Crippen molar-refractivity contribution >= 4 is 23.0 Å². The minimum absolute atomic E-state index is 0.0615. The quantitative estimate of drug-likeness (QED) is 0.587. The number of nitrogens with zero attached hydrogens (tertiary/aromatic N) is 2. The minimum atomic E-state index is -4.63. The molecule has 5 nitrogen and oxygen atoms in total. The minimum Gasteiger partial charge on any atom is -0.329 e. The molecule has 0 spiro atoms. The second-order valence-electron chi connectivity index (χ2n) is 7.28. The number of nitrogens with one attached hydrogen (secondary N) is 1. The third-order valence-corrected chi connectivity index (χ3v) is 5.29. The number of hydrogen-bond donors (Lipinski definition) is 1. The van der Waals surface area contributed by atoms with Crippen LogP contribution in [0.5, 0.6) is 0 Å². The molecule has 2 heterocycles. The predicted molar refractivity (Wildman–Crippen MR) is 108 cm³/mol. The summed E-state index contributed by atoms with van der Waals surface area (Å²) in [7, 11) is 0. The van der Waals surface area contributed by atoms with Gasteiger partial charge in [0.1, 0.15) is 12.5 Å². The number of carbonyl (C=O) groups excluding carboxylic acids is 1. The summed E-state index contributed by atoms with van der Waals surface area (Å²) >= 11 is 0. The van der Waals surface area contributed by atoms with E-state index in [1.54, 1.807) is 11.8 Å². The first-order valence-electron chi connectivity index (χ1n) is 9.33. The van der Waals surface area contributed by atoms with Crippen molar-refractivity contribution in [2.45, 2.75) is 20.0 Å². The molecule has 1 aromatic heterocycles. The summed E-state index contributed by atoms with van der Waals surface area (Å²) in [5.41, 5.74) is 0.342. The Balaban J connectivity index is 1.94. The van der Waals surface area contributed by atoms with Crippen molar-refractivity contribution < 1.29 is 22.4 Å². The number of anilines is 3. The first-order valence-corrected chi connectivity index (χ1v) is 9.33. The Morgan fingerprint density at radius 2 is 1.61 bits per heavy atom. The van der Waals surface area contributed by atoms with Crippen LogP contribution in [0.25, 0.3) is 0 Å². The lowest BCUT2D eigenvalue weighted by Gasteiger charge is -2.39. The smallest absolute Gasteiger partial charge is 0.329 e. The van der Waals surface area contributed by atoms with Gasteiger partial charge in [-0.05, 0) is 61.9 Å². The molecule has 31 heavy (non-hydrogen) atoms. The molecular weight excluding hydrogens is 414 g/mol. The molecule has 0 radical (unpaired) electrons. The molecular formula is C22H17F4N3O2. The average Bonchev–Trinajstić information content (AvgIpc) is 2.70. The number of H-pyrrole nitrogens is 1. The number of carbonyl (C=O) groups is 1. The van der Waals surface area contributed by atoms with Gasteiger partial charge in [-0.25, -0.2) is 4.39 Å². The van der Waals surface area contributed by atoms with Gasteiger partial charge in [0.15, 0.2) is 0 Å². The standard InChI is InChI=1S/C22H17F4N3O2/c1-12-9-15(23)4-6-17(12)28-11-29(18-7-8-27-20(30)13(18)2)21(31)16-10-14(22(24,25)26)3-5-19(16)28/h3-10H,11H2,1-2H3,(H,27,30). The number of aromatic nitrogens is 1. The van der Waals surface area contributed by atoms with E-state index in [4.69, 9.17) is 0 Å². The second-order valence-corrected chi connectivity index (χ2v) is 7.28. The van der Waals surface area contributed by atoms with E-state index in [2.05, 4.69) is 4.98 Å². The molecule has 160 valence electrons. The van der Waals surface area contributed by atoms with Crippen molar-refractivity contribution in [1.29, 1.82) is 0 Å². The second kappa shape index (κ2) is 7.26. The topological polar surface area (TPSA) is 56.4 Å². The van der Waals surface area contributed by atoms with Gasteiger partial charge in [-0.2, -0.15) is 13.2 Å². The van der Waals surface area contributed by atoms with Crippen LogP contribution in [0.4, 0.5) is 34.6 Å². The maximum Gasteiger partial charge on any atom is 0.416 e. The largest absolute Gasteiger partial charge is 0.416 e. The summed E-state index contributed by atoms with van der Waals surface area (Å²) in [6.07, 6.45) is -3.26. The van der Waals surface area contributed by atoms with Crippen molar-refractivity contribution in [2.24, 2.45) is 0 Å². The SMILES string of the molecule is Cc1cc(F)ccc1N1CN(c2cc[nH]c(=O)c2C)C(=O)c2cc(C(F)(F)F)ccc21. The highest BCUT2D eigenvalue weighted by atomic mass is 19.4. The van der Waals surface area contributed by atoms with Crippen LogP contribution in [-0.2, 0) is 6.18 Å². The fourth-order valence-electron chi connectivity index (χ4n) is 3.70. The van der Waals surface area contributed by atoms with E-state index in [-0.39, 0.29) is 29.2 Å². The molecule has 0 saturated carbocycles. The zero-order valence-corrected chi connectivity index (χ0v) is 16.5. The van der Waals surface area contributed by atoms with Gasteiger partial charge in [-0.1, -0.05) is 0 Å². The van der Waals surface area contributed by atoms with Gasteiger partial charge in [0.25, 0.3) is 11.5 Å². The van der Waals surface area contributed by atoms with Crippen LogP contribution in [0.15, 0.2) is 53.5 Å². The summed E-state index contributed by atoms with van der Waals surface area (Å²) in [4.78, 5) is 30.7. The molecule has 0 fully saturated rings. The van der Waals surface area contributed by atoms with Crippen LogP contribution in [0.2, 0.25) is 0 Å².